The number of anilines is 1. The van der Waals surface area contributed by atoms with Crippen molar-refractivity contribution in [1.29, 1.82) is 0 Å². The summed E-state index contributed by atoms with van der Waals surface area (Å²) in [5, 5.41) is 2.83. The van der Waals surface area contributed by atoms with Crippen molar-refractivity contribution < 1.29 is 14.3 Å². The third kappa shape index (κ3) is 5.19. The summed E-state index contributed by atoms with van der Waals surface area (Å²) in [6, 6.07) is 14.7. The fourth-order valence-corrected chi connectivity index (χ4v) is 2.56. The lowest BCUT2D eigenvalue weighted by molar-refractivity contribution is -0.122. The summed E-state index contributed by atoms with van der Waals surface area (Å²) < 4.78 is 5.86. The average molecular weight is 353 g/mol. The van der Waals surface area contributed by atoms with Crippen LogP contribution in [0.25, 0.3) is 0 Å². The number of benzene rings is 2. The molecule has 0 aliphatic carbocycles. The van der Waals surface area contributed by atoms with Crippen molar-refractivity contribution in [2.45, 2.75) is 52.6 Å². The van der Waals surface area contributed by atoms with Crippen LogP contribution in [0.2, 0.25) is 0 Å². The van der Waals surface area contributed by atoms with E-state index < -0.39 is 6.10 Å². The number of rotatable bonds is 6. The van der Waals surface area contributed by atoms with Gasteiger partial charge < -0.3 is 10.1 Å². The van der Waals surface area contributed by atoms with Gasteiger partial charge in [0.2, 0.25) is 0 Å². The molecule has 2 aromatic rings. The Balaban J connectivity index is 2.07. The quantitative estimate of drug-likeness (QED) is 0.745. The normalized spacial score (nSPS) is 12.3. The zero-order chi connectivity index (χ0) is 19.3. The molecule has 1 unspecified atom stereocenters. The van der Waals surface area contributed by atoms with Gasteiger partial charge in [-0.15, -0.1) is 0 Å². The first-order valence-corrected chi connectivity index (χ1v) is 8.89. The number of nitrogens with one attached hydrogen (secondary N) is 1. The zero-order valence-electron chi connectivity index (χ0n) is 16.1. The summed E-state index contributed by atoms with van der Waals surface area (Å²) in [7, 11) is 0. The highest BCUT2D eigenvalue weighted by Crippen LogP contribution is 2.25. The second kappa shape index (κ2) is 8.17. The number of ketones is 1. The molecular weight excluding hydrogens is 326 g/mol. The fourth-order valence-electron chi connectivity index (χ4n) is 2.56. The number of Topliss-reactive ketones (excluding diaryl/α,β-unsaturated/α-hetero) is 1. The number of amides is 1. The van der Waals surface area contributed by atoms with Gasteiger partial charge in [-0.3, -0.25) is 9.59 Å². The molecule has 0 aliphatic rings. The van der Waals surface area contributed by atoms with Crippen LogP contribution in [0, 0.1) is 0 Å². The maximum atomic E-state index is 12.5. The highest BCUT2D eigenvalue weighted by atomic mass is 16.5. The van der Waals surface area contributed by atoms with Crippen LogP contribution in [0.4, 0.5) is 5.69 Å². The topological polar surface area (TPSA) is 55.4 Å². The van der Waals surface area contributed by atoms with Gasteiger partial charge >= 0.3 is 0 Å². The number of hydrogen-bond donors (Lipinski definition) is 1. The van der Waals surface area contributed by atoms with Gasteiger partial charge in [-0.1, -0.05) is 52.0 Å². The van der Waals surface area contributed by atoms with Crippen LogP contribution in [-0.2, 0) is 10.2 Å². The van der Waals surface area contributed by atoms with E-state index in [4.69, 9.17) is 4.74 Å². The largest absolute Gasteiger partial charge is 0.481 e. The lowest BCUT2D eigenvalue weighted by Gasteiger charge is -2.21. The summed E-state index contributed by atoms with van der Waals surface area (Å²) in [5.41, 5.74) is 2.44. The predicted molar refractivity (Wildman–Crippen MR) is 105 cm³/mol. The molecule has 4 nitrogen and oxygen atoms in total. The van der Waals surface area contributed by atoms with Crippen LogP contribution in [-0.4, -0.2) is 17.8 Å². The van der Waals surface area contributed by atoms with Crippen molar-refractivity contribution >= 4 is 17.4 Å². The molecule has 0 spiro atoms. The molecule has 4 heteroatoms. The molecule has 0 heterocycles. The van der Waals surface area contributed by atoms with Crippen LogP contribution in [0.3, 0.4) is 0 Å². The molecule has 26 heavy (non-hydrogen) atoms. The first kappa shape index (κ1) is 19.7. The van der Waals surface area contributed by atoms with E-state index in [-0.39, 0.29) is 17.1 Å². The lowest BCUT2D eigenvalue weighted by atomic mass is 9.87. The average Bonchev–Trinajstić information content (AvgIpc) is 2.59. The molecular formula is C22H27NO3. The highest BCUT2D eigenvalue weighted by Gasteiger charge is 2.19. The number of carbonyl (C=O) groups is 2. The molecule has 0 saturated heterocycles. The molecule has 0 radical (unpaired) electrons. The molecule has 1 atom stereocenters. The smallest absolute Gasteiger partial charge is 0.265 e. The lowest BCUT2D eigenvalue weighted by Crippen LogP contribution is -2.32. The van der Waals surface area contributed by atoms with Crippen molar-refractivity contribution in [1.82, 2.24) is 0 Å². The molecule has 0 bridgehead atoms. The van der Waals surface area contributed by atoms with Crippen molar-refractivity contribution in [2.75, 3.05) is 5.32 Å². The Kier molecular flexibility index (Phi) is 6.19. The molecule has 2 aromatic carbocycles. The maximum Gasteiger partial charge on any atom is 0.265 e. The summed E-state index contributed by atoms with van der Waals surface area (Å²) in [4.78, 5) is 24.0. The van der Waals surface area contributed by atoms with Crippen LogP contribution in [0.1, 0.15) is 57.0 Å². The van der Waals surface area contributed by atoms with E-state index in [1.54, 1.807) is 24.3 Å². The third-order valence-electron chi connectivity index (χ3n) is 4.20. The van der Waals surface area contributed by atoms with E-state index in [0.717, 1.165) is 0 Å². The van der Waals surface area contributed by atoms with Crippen LogP contribution in [0.5, 0.6) is 5.75 Å². The third-order valence-corrected chi connectivity index (χ3v) is 4.20. The molecule has 0 saturated carbocycles. The number of ether oxygens (including phenoxy) is 1. The van der Waals surface area contributed by atoms with Crippen molar-refractivity contribution in [3.05, 3.63) is 59.7 Å². The van der Waals surface area contributed by atoms with Gasteiger partial charge in [0.15, 0.2) is 11.9 Å². The van der Waals surface area contributed by atoms with Crippen molar-refractivity contribution in [3.63, 3.8) is 0 Å². The predicted octanol–water partition coefficient (Wildman–Crippen LogP) is 4.98. The maximum absolute atomic E-state index is 12.5. The van der Waals surface area contributed by atoms with Crippen LogP contribution < -0.4 is 10.1 Å². The van der Waals surface area contributed by atoms with Gasteiger partial charge in [0, 0.05) is 11.3 Å². The molecule has 2 rings (SSSR count). The summed E-state index contributed by atoms with van der Waals surface area (Å²) >= 11 is 0. The first-order valence-electron chi connectivity index (χ1n) is 8.89. The van der Waals surface area contributed by atoms with E-state index in [1.165, 1.54) is 12.5 Å². The zero-order valence-corrected chi connectivity index (χ0v) is 16.1. The van der Waals surface area contributed by atoms with E-state index in [9.17, 15) is 9.59 Å². The van der Waals surface area contributed by atoms with Crippen molar-refractivity contribution in [2.24, 2.45) is 0 Å². The van der Waals surface area contributed by atoms with Gasteiger partial charge in [0.05, 0.1) is 0 Å². The van der Waals surface area contributed by atoms with E-state index in [2.05, 4.69) is 26.1 Å². The molecule has 138 valence electrons. The Morgan fingerprint density at radius 2 is 1.73 bits per heavy atom. The molecule has 0 fully saturated rings. The number of carbonyl (C=O) groups excluding carboxylic acids is 2. The van der Waals surface area contributed by atoms with Gasteiger partial charge in [0.1, 0.15) is 5.75 Å². The highest BCUT2D eigenvalue weighted by molar-refractivity contribution is 5.98. The second-order valence-corrected chi connectivity index (χ2v) is 7.42. The van der Waals surface area contributed by atoms with Gasteiger partial charge in [0.25, 0.3) is 5.91 Å². The van der Waals surface area contributed by atoms with E-state index >= 15 is 0 Å². The Bertz CT molecular complexity index is 773. The second-order valence-electron chi connectivity index (χ2n) is 7.42. The minimum Gasteiger partial charge on any atom is -0.481 e. The van der Waals surface area contributed by atoms with Gasteiger partial charge in [-0.2, -0.15) is 0 Å². The Morgan fingerprint density at radius 1 is 1.08 bits per heavy atom. The molecule has 1 amide bonds. The first-order chi connectivity index (χ1) is 12.2. The summed E-state index contributed by atoms with van der Waals surface area (Å²) in [6.45, 7) is 9.86. The summed E-state index contributed by atoms with van der Waals surface area (Å²) in [6.07, 6.45) is -0.0596. The van der Waals surface area contributed by atoms with E-state index in [1.807, 2.05) is 31.2 Å². The molecule has 0 aromatic heterocycles. The van der Waals surface area contributed by atoms with Crippen molar-refractivity contribution in [3.8, 4) is 5.75 Å². The standard InChI is InChI=1S/C22H27NO3/c1-6-20(26-19-12-10-17(11-13-19)22(3,4)5)21(25)23-18-9-7-8-16(14-18)15(2)24/h7-14,20H,6H2,1-5H3,(H,23,25). The summed E-state index contributed by atoms with van der Waals surface area (Å²) in [5.74, 6) is 0.397. The van der Waals surface area contributed by atoms with Crippen LogP contribution in [0.15, 0.2) is 48.5 Å². The Labute approximate surface area is 155 Å². The molecule has 0 aliphatic heterocycles. The fraction of sp³-hybridized carbons (Fsp3) is 0.364. The SMILES string of the molecule is CCC(Oc1ccc(C(C)(C)C)cc1)C(=O)Nc1cccc(C(C)=O)c1. The van der Waals surface area contributed by atoms with Crippen LogP contribution >= 0.6 is 0 Å². The number of hydrogen-bond acceptors (Lipinski definition) is 3. The minimum absolute atomic E-state index is 0.0386. The Hall–Kier alpha value is -2.62. The van der Waals surface area contributed by atoms with Gasteiger partial charge in [-0.05, 0) is 48.6 Å². The molecule has 1 N–H and O–H groups in total. The van der Waals surface area contributed by atoms with E-state index in [0.29, 0.717) is 23.4 Å². The minimum atomic E-state index is -0.600. The van der Waals surface area contributed by atoms with Gasteiger partial charge in [-0.25, -0.2) is 0 Å². The Morgan fingerprint density at radius 3 is 2.27 bits per heavy atom. The monoisotopic (exact) mass is 353 g/mol.